The molecule has 0 saturated carbocycles. The number of carbonyl (C=O) groups is 4. The molecule has 0 bridgehead atoms. The van der Waals surface area contributed by atoms with E-state index in [4.69, 9.17) is 37.0 Å². The quantitative estimate of drug-likeness (QED) is 0.0222. The molecule has 0 saturated heterocycles. The van der Waals surface area contributed by atoms with Crippen molar-refractivity contribution in [3.63, 3.8) is 0 Å². The van der Waals surface area contributed by atoms with Gasteiger partial charge in [0.15, 0.2) is 12.2 Å². The number of phosphoric ester groups is 2. The van der Waals surface area contributed by atoms with E-state index in [1.807, 2.05) is 0 Å². The first kappa shape index (κ1) is 93.1. The number of carbonyl (C=O) groups excluding carboxylic acids is 4. The van der Waals surface area contributed by atoms with E-state index >= 15 is 0 Å². The zero-order valence-electron chi connectivity index (χ0n) is 62.3. The van der Waals surface area contributed by atoms with E-state index in [1.165, 1.54) is 180 Å². The molecule has 0 aromatic rings. The molecule has 0 aliphatic heterocycles. The van der Waals surface area contributed by atoms with E-state index in [2.05, 4.69) is 55.4 Å². The number of aliphatic hydroxyl groups is 1. The SMILES string of the molecule is CC(C)CCCCCCCCCCCCCCCCCCC(=O)OC[C@H](COP(=O)(O)OCC(O)COP(=O)(O)OC[C@@H](COC(=O)CCCCCCCCCC(C)C)OC(=O)CCCCCCCCCCCCCC(C)C)OC(=O)CCCCCCCCCCCC(C)C. The molecular weight excluding hydrogens is 1250 g/mol. The third kappa shape index (κ3) is 70.3. The lowest BCUT2D eigenvalue weighted by atomic mass is 10.0. The lowest BCUT2D eigenvalue weighted by Gasteiger charge is -2.21. The van der Waals surface area contributed by atoms with Crippen molar-refractivity contribution in [3.05, 3.63) is 0 Å². The van der Waals surface area contributed by atoms with Gasteiger partial charge < -0.3 is 33.8 Å². The molecule has 0 rings (SSSR count). The molecule has 0 spiro atoms. The lowest BCUT2D eigenvalue weighted by Crippen LogP contribution is -2.30. The Kier molecular flexibility index (Phi) is 64.0. The van der Waals surface area contributed by atoms with Crippen LogP contribution in [-0.4, -0.2) is 96.7 Å². The van der Waals surface area contributed by atoms with Gasteiger partial charge in [-0.3, -0.25) is 37.3 Å². The summed E-state index contributed by atoms with van der Waals surface area (Å²) in [5, 5.41) is 10.6. The van der Waals surface area contributed by atoms with Gasteiger partial charge in [-0.2, -0.15) is 0 Å². The Morgan fingerprint density at radius 2 is 0.442 bits per heavy atom. The minimum atomic E-state index is -4.96. The van der Waals surface area contributed by atoms with Gasteiger partial charge in [-0.25, -0.2) is 9.13 Å². The molecule has 0 aromatic carbocycles. The van der Waals surface area contributed by atoms with Crippen molar-refractivity contribution >= 4 is 39.5 Å². The third-order valence-electron chi connectivity index (χ3n) is 17.6. The summed E-state index contributed by atoms with van der Waals surface area (Å²) in [7, 11) is -9.91. The molecule has 0 aliphatic rings. The Balaban J connectivity index is 5.21. The summed E-state index contributed by atoms with van der Waals surface area (Å²) in [6.45, 7) is 14.2. The lowest BCUT2D eigenvalue weighted by molar-refractivity contribution is -0.161. The van der Waals surface area contributed by atoms with Gasteiger partial charge in [0.05, 0.1) is 26.4 Å². The Hall–Kier alpha value is -1.94. The van der Waals surface area contributed by atoms with Crippen LogP contribution in [-0.2, 0) is 65.4 Å². The average molecular weight is 1400 g/mol. The molecular formula is C76H148O17P2. The van der Waals surface area contributed by atoms with Crippen LogP contribution in [0.5, 0.6) is 0 Å². The van der Waals surface area contributed by atoms with Crippen molar-refractivity contribution in [1.82, 2.24) is 0 Å². The largest absolute Gasteiger partial charge is 0.472 e. The van der Waals surface area contributed by atoms with Crippen molar-refractivity contribution < 1.29 is 80.2 Å². The van der Waals surface area contributed by atoms with Crippen LogP contribution in [0.25, 0.3) is 0 Å². The maximum Gasteiger partial charge on any atom is 0.472 e. The summed E-state index contributed by atoms with van der Waals surface area (Å²) >= 11 is 0. The monoisotopic (exact) mass is 1400 g/mol. The Bertz CT molecular complexity index is 1870. The fraction of sp³-hybridized carbons (Fsp3) is 0.947. The van der Waals surface area contributed by atoms with Crippen molar-refractivity contribution in [2.75, 3.05) is 39.6 Å². The van der Waals surface area contributed by atoms with Gasteiger partial charge >= 0.3 is 39.5 Å². The first-order valence-corrected chi connectivity index (χ1v) is 42.2. The van der Waals surface area contributed by atoms with Crippen molar-refractivity contribution in [3.8, 4) is 0 Å². The van der Waals surface area contributed by atoms with Crippen LogP contribution in [0.4, 0.5) is 0 Å². The van der Waals surface area contributed by atoms with Crippen LogP contribution in [0.2, 0.25) is 0 Å². The van der Waals surface area contributed by atoms with Crippen LogP contribution in [0.3, 0.4) is 0 Å². The zero-order chi connectivity index (χ0) is 70.3. The summed E-state index contributed by atoms with van der Waals surface area (Å²) in [6.07, 6.45) is 50.1. The average Bonchev–Trinajstić information content (AvgIpc) is 3.23. The highest BCUT2D eigenvalue weighted by molar-refractivity contribution is 7.47. The predicted octanol–water partition coefficient (Wildman–Crippen LogP) is 22.0. The van der Waals surface area contributed by atoms with Gasteiger partial charge in [0, 0.05) is 25.7 Å². The Labute approximate surface area is 581 Å². The van der Waals surface area contributed by atoms with E-state index in [0.717, 1.165) is 114 Å². The maximum absolute atomic E-state index is 13.1. The Morgan fingerprint density at radius 1 is 0.263 bits per heavy atom. The van der Waals surface area contributed by atoms with E-state index in [9.17, 15) is 43.2 Å². The van der Waals surface area contributed by atoms with Crippen LogP contribution < -0.4 is 0 Å². The topological polar surface area (TPSA) is 237 Å². The van der Waals surface area contributed by atoms with Crippen molar-refractivity contribution in [2.24, 2.45) is 23.7 Å². The van der Waals surface area contributed by atoms with Crippen molar-refractivity contribution in [2.45, 2.75) is 401 Å². The fourth-order valence-corrected chi connectivity index (χ4v) is 13.1. The van der Waals surface area contributed by atoms with E-state index in [-0.39, 0.29) is 25.7 Å². The summed E-state index contributed by atoms with van der Waals surface area (Å²) in [6, 6.07) is 0. The minimum Gasteiger partial charge on any atom is -0.462 e. The first-order valence-electron chi connectivity index (χ1n) is 39.2. The Morgan fingerprint density at radius 3 is 0.653 bits per heavy atom. The second-order valence-electron chi connectivity index (χ2n) is 29.3. The van der Waals surface area contributed by atoms with Gasteiger partial charge in [0.1, 0.15) is 19.3 Å². The summed E-state index contributed by atoms with van der Waals surface area (Å²) < 4.78 is 68.5. The maximum atomic E-state index is 13.1. The van der Waals surface area contributed by atoms with Gasteiger partial charge in [0.2, 0.25) is 0 Å². The minimum absolute atomic E-state index is 0.105. The molecule has 0 radical (unpaired) electrons. The molecule has 564 valence electrons. The smallest absolute Gasteiger partial charge is 0.462 e. The second kappa shape index (κ2) is 65.4. The molecule has 0 heterocycles. The number of esters is 4. The molecule has 5 atom stereocenters. The van der Waals surface area contributed by atoms with Crippen LogP contribution >= 0.6 is 15.6 Å². The molecule has 3 unspecified atom stereocenters. The number of ether oxygens (including phenoxy) is 4. The molecule has 0 amide bonds. The van der Waals surface area contributed by atoms with Gasteiger partial charge in [-0.15, -0.1) is 0 Å². The standard InChI is InChI=1S/C76H148O17P2/c1-66(2)52-44-36-28-21-16-13-11-9-10-12-14-18-24-32-40-48-56-73(78)86-62-71(93-76(81)59-51-43-34-26-20-23-30-38-46-54-68(5)6)64-90-94(82,83)88-60-70(77)61-89-95(84,85)91-65-72(63-87-74(79)57-49-41-35-27-31-39-47-55-69(7)8)92-75(80)58-50-42-33-25-19-15-17-22-29-37-45-53-67(3)4/h66-72,77H,9-65H2,1-8H3,(H,82,83)(H,84,85)/t70?,71-,72-/m1/s1. The van der Waals surface area contributed by atoms with Crippen LogP contribution in [0.15, 0.2) is 0 Å². The number of phosphoric acid groups is 2. The van der Waals surface area contributed by atoms with Gasteiger partial charge in [0.25, 0.3) is 0 Å². The fourth-order valence-electron chi connectivity index (χ4n) is 11.6. The number of aliphatic hydroxyl groups excluding tert-OH is 1. The molecule has 3 N–H and O–H groups in total. The first-order chi connectivity index (χ1) is 45.6. The van der Waals surface area contributed by atoms with Gasteiger partial charge in [-0.1, -0.05) is 331 Å². The van der Waals surface area contributed by atoms with Crippen LogP contribution in [0, 0.1) is 23.7 Å². The molecule has 19 heteroatoms. The van der Waals surface area contributed by atoms with E-state index < -0.39 is 97.5 Å². The van der Waals surface area contributed by atoms with Crippen LogP contribution in [0.1, 0.15) is 383 Å². The highest BCUT2D eigenvalue weighted by atomic mass is 31.2. The molecule has 17 nitrogen and oxygen atoms in total. The number of unbranched alkanes of at least 4 members (excludes halogenated alkanes) is 39. The van der Waals surface area contributed by atoms with Crippen molar-refractivity contribution in [1.29, 1.82) is 0 Å². The third-order valence-corrected chi connectivity index (χ3v) is 19.5. The summed E-state index contributed by atoms with van der Waals surface area (Å²) in [5.41, 5.74) is 0. The predicted molar refractivity (Wildman–Crippen MR) is 386 cm³/mol. The normalized spacial score (nSPS) is 14.1. The number of hydrogen-bond acceptors (Lipinski definition) is 15. The van der Waals surface area contributed by atoms with E-state index in [0.29, 0.717) is 31.6 Å². The number of rotatable bonds is 73. The molecule has 0 fully saturated rings. The summed E-state index contributed by atoms with van der Waals surface area (Å²) in [5.74, 6) is 0.897. The highest BCUT2D eigenvalue weighted by Gasteiger charge is 2.30. The zero-order valence-corrected chi connectivity index (χ0v) is 64.1. The van der Waals surface area contributed by atoms with Gasteiger partial charge in [-0.05, 0) is 49.4 Å². The molecule has 0 aliphatic carbocycles. The number of hydrogen-bond donors (Lipinski definition) is 3. The second-order valence-corrected chi connectivity index (χ2v) is 32.2. The highest BCUT2D eigenvalue weighted by Crippen LogP contribution is 2.45. The molecule has 0 aromatic heterocycles. The van der Waals surface area contributed by atoms with E-state index in [1.54, 1.807) is 0 Å². The molecule has 95 heavy (non-hydrogen) atoms. The summed E-state index contributed by atoms with van der Waals surface area (Å²) in [4.78, 5) is 72.8.